The fourth-order valence-electron chi connectivity index (χ4n) is 3.44. The van der Waals surface area contributed by atoms with Crippen molar-refractivity contribution in [1.82, 2.24) is 40.4 Å². The number of alkyl halides is 5. The van der Waals surface area contributed by atoms with Crippen LogP contribution < -0.4 is 10.6 Å². The number of halogens is 5. The van der Waals surface area contributed by atoms with Gasteiger partial charge >= 0.3 is 12.2 Å². The Balaban J connectivity index is 0.000000378. The van der Waals surface area contributed by atoms with Gasteiger partial charge in [0.05, 0.1) is 43.1 Å². The highest BCUT2D eigenvalue weighted by atomic mass is 19.4. The minimum Gasteiger partial charge on any atom is -0.388 e. The molecule has 2 N–H and O–H groups in total. The smallest absolute Gasteiger partial charge is 0.388 e. The number of amides is 3. The Bertz CT molecular complexity index is 1350. The minimum absolute atomic E-state index is 0.0209. The van der Waals surface area contributed by atoms with Crippen LogP contribution in [0, 0.1) is 5.41 Å². The molecule has 1 aliphatic heterocycles. The van der Waals surface area contributed by atoms with Crippen molar-refractivity contribution in [3.05, 3.63) is 41.1 Å². The van der Waals surface area contributed by atoms with E-state index in [9.17, 15) is 31.5 Å². The molecule has 3 aromatic rings. The van der Waals surface area contributed by atoms with Gasteiger partial charge in [-0.15, -0.1) is 0 Å². The zero-order chi connectivity index (χ0) is 31.3. The van der Waals surface area contributed by atoms with Gasteiger partial charge in [-0.1, -0.05) is 25.9 Å². The number of urea groups is 1. The van der Waals surface area contributed by atoms with Crippen molar-refractivity contribution in [3.8, 4) is 0 Å². The van der Waals surface area contributed by atoms with Crippen LogP contribution in [0.1, 0.15) is 67.0 Å². The molecule has 4 heterocycles. The number of methoxy groups -OCH3 is 1. The molecule has 0 spiro atoms. The molecule has 0 unspecified atom stereocenters. The summed E-state index contributed by atoms with van der Waals surface area (Å²) in [6.45, 7) is 2.23. The number of fused-ring (bicyclic) bond motifs is 1. The van der Waals surface area contributed by atoms with Crippen molar-refractivity contribution in [2.45, 2.75) is 64.7 Å². The van der Waals surface area contributed by atoms with Gasteiger partial charge in [-0.3, -0.25) is 4.79 Å². The van der Waals surface area contributed by atoms with E-state index < -0.39 is 42.5 Å². The number of aromatic nitrogens is 5. The number of nitrogens with zero attached hydrogens (tertiary/aromatic N) is 6. The second-order valence-corrected chi connectivity index (χ2v) is 10.9. The zero-order valence-electron chi connectivity index (χ0n) is 23.8. The number of rotatable bonds is 6. The minimum atomic E-state index is -4.06. The summed E-state index contributed by atoms with van der Waals surface area (Å²) in [5.74, 6) is -3.15. The van der Waals surface area contributed by atoms with Gasteiger partial charge in [-0.2, -0.15) is 18.3 Å². The molecule has 1 saturated carbocycles. The highest BCUT2D eigenvalue weighted by Gasteiger charge is 2.43. The Labute approximate surface area is 237 Å². The fraction of sp³-hybridized carbons (Fsp3) is 0.600. The summed E-state index contributed by atoms with van der Waals surface area (Å²) in [5.41, 5.74) is 0.767. The molecule has 12 nitrogen and oxygen atoms in total. The first kappa shape index (κ1) is 32.6. The molecule has 232 valence electrons. The lowest BCUT2D eigenvalue weighted by atomic mass is 9.96. The third kappa shape index (κ3) is 8.80. The SMILES string of the molecule is CC(C)(C)C(F)(F)F.COC.O=C(NCc1cn2ncc(CN3CC(F)(F)CNC3=O)cc2n1)c1nonc1C1CC1. The van der Waals surface area contributed by atoms with Crippen molar-refractivity contribution in [3.63, 3.8) is 0 Å². The maximum atomic E-state index is 13.6. The molecule has 42 heavy (non-hydrogen) atoms. The third-order valence-electron chi connectivity index (χ3n) is 5.98. The molecule has 0 radical (unpaired) electrons. The van der Waals surface area contributed by atoms with Crippen LogP contribution >= 0.6 is 0 Å². The number of hydrogen-bond donors (Lipinski definition) is 2. The van der Waals surface area contributed by atoms with Gasteiger partial charge in [-0.25, -0.2) is 27.7 Å². The number of hydrogen-bond acceptors (Lipinski definition) is 8. The van der Waals surface area contributed by atoms with Gasteiger partial charge in [0, 0.05) is 26.7 Å². The van der Waals surface area contributed by atoms with Gasteiger partial charge in [0.2, 0.25) is 0 Å². The third-order valence-corrected chi connectivity index (χ3v) is 5.98. The topological polar surface area (TPSA) is 140 Å². The molecule has 0 aromatic carbocycles. The highest BCUT2D eigenvalue weighted by Crippen LogP contribution is 2.40. The Kier molecular flexibility index (Phi) is 10.1. The van der Waals surface area contributed by atoms with Gasteiger partial charge in [0.15, 0.2) is 11.3 Å². The van der Waals surface area contributed by atoms with Crippen molar-refractivity contribution >= 4 is 17.6 Å². The monoisotopic (exact) mass is 604 g/mol. The molecular formula is C25H33F5N8O4. The van der Waals surface area contributed by atoms with E-state index >= 15 is 0 Å². The van der Waals surface area contributed by atoms with Crippen molar-refractivity contribution in [2.24, 2.45) is 5.41 Å². The van der Waals surface area contributed by atoms with Crippen LogP contribution in [0.3, 0.4) is 0 Å². The number of nitrogens with one attached hydrogen (secondary N) is 2. The summed E-state index contributed by atoms with van der Waals surface area (Å²) in [6.07, 6.45) is 0.994. The van der Waals surface area contributed by atoms with E-state index in [1.807, 2.05) is 0 Å². The number of carbonyl (C=O) groups excluding carboxylic acids is 2. The lowest BCUT2D eigenvalue weighted by Gasteiger charge is -2.32. The van der Waals surface area contributed by atoms with E-state index in [-0.39, 0.29) is 24.7 Å². The van der Waals surface area contributed by atoms with Crippen LogP contribution in [0.2, 0.25) is 0 Å². The van der Waals surface area contributed by atoms with Crippen molar-refractivity contribution < 1.29 is 40.9 Å². The summed E-state index contributed by atoms with van der Waals surface area (Å²) in [5, 5.41) is 16.6. The first-order valence-corrected chi connectivity index (χ1v) is 12.9. The van der Waals surface area contributed by atoms with E-state index in [4.69, 9.17) is 4.63 Å². The number of carbonyl (C=O) groups is 2. The van der Waals surface area contributed by atoms with Gasteiger partial charge in [0.1, 0.15) is 5.69 Å². The first-order valence-electron chi connectivity index (χ1n) is 12.9. The fourth-order valence-corrected chi connectivity index (χ4v) is 3.44. The molecular weight excluding hydrogens is 571 g/mol. The van der Waals surface area contributed by atoms with E-state index in [0.29, 0.717) is 22.6 Å². The second kappa shape index (κ2) is 13.0. The summed E-state index contributed by atoms with van der Waals surface area (Å²) < 4.78 is 72.3. The Morgan fingerprint density at radius 1 is 1.21 bits per heavy atom. The molecule has 5 rings (SSSR count). The predicted octanol–water partition coefficient (Wildman–Crippen LogP) is 3.94. The van der Waals surface area contributed by atoms with E-state index in [1.165, 1.54) is 10.7 Å². The van der Waals surface area contributed by atoms with Crippen LogP contribution in [-0.4, -0.2) is 81.2 Å². The summed E-state index contributed by atoms with van der Waals surface area (Å²) >= 11 is 0. The Morgan fingerprint density at radius 3 is 2.45 bits per heavy atom. The van der Waals surface area contributed by atoms with Crippen LogP contribution in [0.5, 0.6) is 0 Å². The molecule has 3 aromatic heterocycles. The van der Waals surface area contributed by atoms with Crippen LogP contribution in [0.25, 0.3) is 5.65 Å². The maximum absolute atomic E-state index is 13.6. The standard InChI is InChI=1S/C18H18F2N8O3.C5H9F3.C2H6O/c19-18(20)8-22-17(30)27(9-18)6-10-3-13-24-12(7-28(13)23-4-10)5-21-16(29)15-14(11-1-2-11)25-31-26-15;1-4(2,3)5(6,7)8;1-3-2/h3-4,7,11H,1-2,5-6,8-9H2,(H,21,29)(H,22,30);1-3H3;1-2H3. The summed E-state index contributed by atoms with van der Waals surface area (Å²) in [7, 11) is 3.25. The van der Waals surface area contributed by atoms with Crippen molar-refractivity contribution in [1.29, 1.82) is 0 Å². The molecule has 0 bridgehead atoms. The zero-order valence-corrected chi connectivity index (χ0v) is 23.8. The predicted molar refractivity (Wildman–Crippen MR) is 138 cm³/mol. The highest BCUT2D eigenvalue weighted by molar-refractivity contribution is 5.93. The Morgan fingerprint density at radius 2 is 1.86 bits per heavy atom. The number of ether oxygens (including phenoxy) is 1. The van der Waals surface area contributed by atoms with E-state index in [2.05, 4.69) is 35.8 Å². The second-order valence-electron chi connectivity index (χ2n) is 10.9. The largest absolute Gasteiger partial charge is 0.393 e. The maximum Gasteiger partial charge on any atom is 0.393 e. The van der Waals surface area contributed by atoms with Crippen LogP contribution in [-0.2, 0) is 17.8 Å². The average molecular weight is 605 g/mol. The summed E-state index contributed by atoms with van der Waals surface area (Å²) in [4.78, 5) is 29.7. The normalized spacial score (nSPS) is 16.6. The summed E-state index contributed by atoms with van der Waals surface area (Å²) in [6, 6.07) is 1.11. The molecule has 17 heteroatoms. The molecule has 1 saturated heterocycles. The first-order chi connectivity index (χ1) is 19.5. The molecule has 3 amide bonds. The molecule has 2 fully saturated rings. The van der Waals surface area contributed by atoms with Crippen molar-refractivity contribution in [2.75, 3.05) is 27.3 Å². The van der Waals surface area contributed by atoms with Gasteiger partial charge < -0.3 is 20.3 Å². The molecule has 2 aliphatic rings. The average Bonchev–Trinajstić information content (AvgIpc) is 3.46. The van der Waals surface area contributed by atoms with Crippen LogP contribution in [0.4, 0.5) is 26.7 Å². The molecule has 1 aliphatic carbocycles. The molecule has 0 atom stereocenters. The van der Waals surface area contributed by atoms with Gasteiger partial charge in [0.25, 0.3) is 11.8 Å². The Hall–Kier alpha value is -3.89. The lowest BCUT2D eigenvalue weighted by Crippen LogP contribution is -2.56. The van der Waals surface area contributed by atoms with Crippen LogP contribution in [0.15, 0.2) is 23.1 Å². The lowest BCUT2D eigenvalue weighted by molar-refractivity contribution is -0.204. The quantitative estimate of drug-likeness (QED) is 0.404. The van der Waals surface area contributed by atoms with Gasteiger partial charge in [-0.05, 0) is 29.6 Å². The van der Waals surface area contributed by atoms with E-state index in [1.54, 1.807) is 26.5 Å². The number of imidazole rings is 1. The van der Waals surface area contributed by atoms with E-state index in [0.717, 1.165) is 38.5 Å².